The van der Waals surface area contributed by atoms with Gasteiger partial charge in [0.25, 0.3) is 0 Å². The Bertz CT molecular complexity index is 360. The quantitative estimate of drug-likeness (QED) is 0.776. The van der Waals surface area contributed by atoms with Crippen LogP contribution in [0, 0.1) is 5.92 Å². The molecular weight excluding hydrogens is 210 g/mol. The predicted molar refractivity (Wildman–Crippen MR) is 69.7 cm³/mol. The Morgan fingerprint density at radius 1 is 1.29 bits per heavy atom. The maximum absolute atomic E-state index is 11.5. The van der Waals surface area contributed by atoms with Crippen molar-refractivity contribution in [1.29, 1.82) is 0 Å². The van der Waals surface area contributed by atoms with Gasteiger partial charge in [0.2, 0.25) is 0 Å². The maximum atomic E-state index is 11.5. The van der Waals surface area contributed by atoms with Gasteiger partial charge in [-0.3, -0.25) is 4.79 Å². The van der Waals surface area contributed by atoms with Gasteiger partial charge in [0.05, 0.1) is 0 Å². The summed E-state index contributed by atoms with van der Waals surface area (Å²) in [5.74, 6) is 0.825. The van der Waals surface area contributed by atoms with E-state index in [0.29, 0.717) is 11.7 Å². The number of carbonyl (C=O) groups excluding carboxylic acids is 1. The van der Waals surface area contributed by atoms with Crippen LogP contribution in [0.15, 0.2) is 30.3 Å². The molecule has 1 saturated carbocycles. The van der Waals surface area contributed by atoms with Crippen molar-refractivity contribution in [1.82, 2.24) is 4.90 Å². The lowest BCUT2D eigenvalue weighted by Gasteiger charge is -2.18. The number of carbonyl (C=O) groups is 1. The van der Waals surface area contributed by atoms with E-state index in [9.17, 15) is 4.79 Å². The van der Waals surface area contributed by atoms with Crippen molar-refractivity contribution in [3.63, 3.8) is 0 Å². The molecular formula is C15H21NO. The maximum Gasteiger partial charge on any atom is 0.136 e. The first-order valence-corrected chi connectivity index (χ1v) is 6.51. The molecule has 0 amide bonds. The summed E-state index contributed by atoms with van der Waals surface area (Å²) >= 11 is 0. The highest BCUT2D eigenvalue weighted by atomic mass is 16.1. The van der Waals surface area contributed by atoms with Gasteiger partial charge in [0, 0.05) is 18.9 Å². The highest BCUT2D eigenvalue weighted by Crippen LogP contribution is 2.24. The lowest BCUT2D eigenvalue weighted by atomic mass is 10.0. The standard InChI is InChI=1S/C15H21NO/c1-16(12-13-6-3-2-4-7-13)11-10-14-8-5-9-15(14)17/h2-4,6-7,14H,5,8-12H2,1H3. The van der Waals surface area contributed by atoms with Gasteiger partial charge in [0.1, 0.15) is 5.78 Å². The fraction of sp³-hybridized carbons (Fsp3) is 0.533. The third kappa shape index (κ3) is 3.67. The van der Waals surface area contributed by atoms with Crippen molar-refractivity contribution in [2.24, 2.45) is 5.92 Å². The highest BCUT2D eigenvalue weighted by molar-refractivity contribution is 5.82. The normalized spacial score (nSPS) is 20.1. The molecule has 0 saturated heterocycles. The second kappa shape index (κ2) is 5.97. The molecule has 1 fully saturated rings. The number of Topliss-reactive ketones (excluding diaryl/α,β-unsaturated/α-hetero) is 1. The minimum absolute atomic E-state index is 0.341. The average Bonchev–Trinajstić information content (AvgIpc) is 2.74. The van der Waals surface area contributed by atoms with Gasteiger partial charge in [-0.05, 0) is 38.4 Å². The fourth-order valence-electron chi connectivity index (χ4n) is 2.54. The van der Waals surface area contributed by atoms with Gasteiger partial charge in [-0.2, -0.15) is 0 Å². The van der Waals surface area contributed by atoms with Crippen LogP contribution >= 0.6 is 0 Å². The summed E-state index contributed by atoms with van der Waals surface area (Å²) in [7, 11) is 2.13. The van der Waals surface area contributed by atoms with E-state index in [0.717, 1.165) is 38.8 Å². The van der Waals surface area contributed by atoms with Crippen LogP contribution in [-0.2, 0) is 11.3 Å². The topological polar surface area (TPSA) is 20.3 Å². The summed E-state index contributed by atoms with van der Waals surface area (Å²) < 4.78 is 0. The smallest absolute Gasteiger partial charge is 0.136 e. The first-order valence-electron chi connectivity index (χ1n) is 6.51. The van der Waals surface area contributed by atoms with E-state index in [4.69, 9.17) is 0 Å². The molecule has 1 aromatic carbocycles. The van der Waals surface area contributed by atoms with Crippen molar-refractivity contribution in [3.05, 3.63) is 35.9 Å². The molecule has 92 valence electrons. The summed E-state index contributed by atoms with van der Waals surface area (Å²) in [6, 6.07) is 10.5. The largest absolute Gasteiger partial charge is 0.302 e. The number of benzene rings is 1. The molecule has 17 heavy (non-hydrogen) atoms. The van der Waals surface area contributed by atoms with E-state index >= 15 is 0 Å². The number of nitrogens with zero attached hydrogens (tertiary/aromatic N) is 1. The van der Waals surface area contributed by atoms with E-state index in [1.807, 2.05) is 6.07 Å². The van der Waals surface area contributed by atoms with Gasteiger partial charge >= 0.3 is 0 Å². The van der Waals surface area contributed by atoms with Gasteiger partial charge in [-0.1, -0.05) is 30.3 Å². The minimum Gasteiger partial charge on any atom is -0.302 e. The Morgan fingerprint density at radius 2 is 2.06 bits per heavy atom. The van der Waals surface area contributed by atoms with E-state index in [2.05, 4.69) is 36.2 Å². The van der Waals surface area contributed by atoms with Gasteiger partial charge < -0.3 is 4.90 Å². The predicted octanol–water partition coefficient (Wildman–Crippen LogP) is 2.88. The number of hydrogen-bond acceptors (Lipinski definition) is 2. The molecule has 2 nitrogen and oxygen atoms in total. The molecule has 2 heteroatoms. The molecule has 0 bridgehead atoms. The minimum atomic E-state index is 0.341. The molecule has 1 aliphatic rings. The SMILES string of the molecule is CN(CCC1CCCC1=O)Cc1ccccc1. The zero-order chi connectivity index (χ0) is 12.1. The molecule has 1 aliphatic carbocycles. The molecule has 0 spiro atoms. The molecule has 0 N–H and O–H groups in total. The molecule has 2 rings (SSSR count). The highest BCUT2D eigenvalue weighted by Gasteiger charge is 2.23. The van der Waals surface area contributed by atoms with Crippen LogP contribution in [-0.4, -0.2) is 24.3 Å². The Kier molecular flexibility index (Phi) is 4.32. The fourth-order valence-corrected chi connectivity index (χ4v) is 2.54. The van der Waals surface area contributed by atoms with Crippen LogP contribution in [0.4, 0.5) is 0 Å². The van der Waals surface area contributed by atoms with Gasteiger partial charge in [-0.25, -0.2) is 0 Å². The number of hydrogen-bond donors (Lipinski definition) is 0. The molecule has 0 radical (unpaired) electrons. The van der Waals surface area contributed by atoms with Gasteiger partial charge in [-0.15, -0.1) is 0 Å². The summed E-state index contributed by atoms with van der Waals surface area (Å²) in [6.45, 7) is 1.99. The van der Waals surface area contributed by atoms with E-state index in [1.54, 1.807) is 0 Å². The van der Waals surface area contributed by atoms with Crippen LogP contribution < -0.4 is 0 Å². The van der Waals surface area contributed by atoms with Crippen molar-refractivity contribution >= 4 is 5.78 Å². The Balaban J connectivity index is 1.74. The van der Waals surface area contributed by atoms with Crippen molar-refractivity contribution in [2.45, 2.75) is 32.2 Å². The van der Waals surface area contributed by atoms with E-state index < -0.39 is 0 Å². The van der Waals surface area contributed by atoms with E-state index in [1.165, 1.54) is 5.56 Å². The Labute approximate surface area is 104 Å². The third-order valence-electron chi connectivity index (χ3n) is 3.59. The first kappa shape index (κ1) is 12.3. The summed E-state index contributed by atoms with van der Waals surface area (Å²) in [6.07, 6.45) is 4.05. The van der Waals surface area contributed by atoms with Crippen molar-refractivity contribution in [3.8, 4) is 0 Å². The monoisotopic (exact) mass is 231 g/mol. The number of rotatable bonds is 5. The summed E-state index contributed by atoms with van der Waals surface area (Å²) in [5.41, 5.74) is 1.34. The van der Waals surface area contributed by atoms with Crippen LogP contribution in [0.5, 0.6) is 0 Å². The van der Waals surface area contributed by atoms with E-state index in [-0.39, 0.29) is 0 Å². The molecule has 0 heterocycles. The second-order valence-corrected chi connectivity index (χ2v) is 5.07. The average molecular weight is 231 g/mol. The van der Waals surface area contributed by atoms with Crippen LogP contribution in [0.25, 0.3) is 0 Å². The van der Waals surface area contributed by atoms with Gasteiger partial charge in [0.15, 0.2) is 0 Å². The number of ketones is 1. The van der Waals surface area contributed by atoms with Crippen LogP contribution in [0.1, 0.15) is 31.2 Å². The molecule has 1 atom stereocenters. The second-order valence-electron chi connectivity index (χ2n) is 5.07. The third-order valence-corrected chi connectivity index (χ3v) is 3.59. The summed E-state index contributed by atoms with van der Waals surface area (Å²) in [4.78, 5) is 13.8. The van der Waals surface area contributed by atoms with Crippen LogP contribution in [0.2, 0.25) is 0 Å². The molecule has 1 aromatic rings. The summed E-state index contributed by atoms with van der Waals surface area (Å²) in [5, 5.41) is 0. The molecule has 1 unspecified atom stereocenters. The van der Waals surface area contributed by atoms with Crippen LogP contribution in [0.3, 0.4) is 0 Å². The molecule has 0 aromatic heterocycles. The Hall–Kier alpha value is -1.15. The zero-order valence-corrected chi connectivity index (χ0v) is 10.6. The van der Waals surface area contributed by atoms with Crippen molar-refractivity contribution < 1.29 is 4.79 Å². The zero-order valence-electron chi connectivity index (χ0n) is 10.6. The molecule has 0 aliphatic heterocycles. The first-order chi connectivity index (χ1) is 8.25. The van der Waals surface area contributed by atoms with Crippen molar-refractivity contribution in [2.75, 3.05) is 13.6 Å². The lowest BCUT2D eigenvalue weighted by molar-refractivity contribution is -0.120. The Morgan fingerprint density at radius 3 is 2.71 bits per heavy atom. The lowest BCUT2D eigenvalue weighted by Crippen LogP contribution is -2.22.